The Kier molecular flexibility index (Phi) is 5.25. The molecule has 1 aromatic heterocycles. The van der Waals surface area contributed by atoms with Gasteiger partial charge in [-0.1, -0.05) is 19.1 Å². The van der Waals surface area contributed by atoms with Gasteiger partial charge in [-0.25, -0.2) is 9.37 Å². The highest BCUT2D eigenvalue weighted by Gasteiger charge is 2.37. The Hall–Kier alpha value is -2.21. The van der Waals surface area contributed by atoms with Crippen molar-refractivity contribution in [2.75, 3.05) is 19.6 Å². The minimum Gasteiger partial charge on any atom is -0.337 e. The Bertz CT molecular complexity index is 788. The van der Waals surface area contributed by atoms with E-state index in [4.69, 9.17) is 0 Å². The van der Waals surface area contributed by atoms with Crippen molar-refractivity contribution in [2.45, 2.75) is 45.3 Å². The van der Waals surface area contributed by atoms with Crippen molar-refractivity contribution < 1.29 is 9.18 Å². The maximum absolute atomic E-state index is 13.1. The number of amides is 1. The molecule has 27 heavy (non-hydrogen) atoms. The first kappa shape index (κ1) is 18.2. The molecule has 3 saturated heterocycles. The second-order valence-electron chi connectivity index (χ2n) is 7.79. The van der Waals surface area contributed by atoms with Crippen molar-refractivity contribution >= 4 is 5.91 Å². The summed E-state index contributed by atoms with van der Waals surface area (Å²) in [5.74, 6) is 1.47. The predicted octanol–water partition coefficient (Wildman–Crippen LogP) is 2.71. The number of piperidine rings is 1. The summed E-state index contributed by atoms with van der Waals surface area (Å²) in [5, 5.41) is 0. The Morgan fingerprint density at radius 1 is 1.19 bits per heavy atom. The van der Waals surface area contributed by atoms with E-state index in [9.17, 15) is 9.18 Å². The third-order valence-electron chi connectivity index (χ3n) is 5.85. The first-order chi connectivity index (χ1) is 13.1. The second-order valence-corrected chi connectivity index (χ2v) is 7.79. The van der Waals surface area contributed by atoms with Gasteiger partial charge in [0.2, 0.25) is 5.91 Å². The summed E-state index contributed by atoms with van der Waals surface area (Å²) >= 11 is 0. The van der Waals surface area contributed by atoms with Gasteiger partial charge in [0, 0.05) is 51.0 Å². The van der Waals surface area contributed by atoms with Crippen LogP contribution >= 0.6 is 0 Å². The lowest BCUT2D eigenvalue weighted by Crippen LogP contribution is -2.48. The van der Waals surface area contributed by atoms with E-state index in [1.165, 1.54) is 18.6 Å². The lowest BCUT2D eigenvalue weighted by Gasteiger charge is -2.36. The zero-order valence-electron chi connectivity index (χ0n) is 15.9. The maximum Gasteiger partial charge on any atom is 0.242 e. The van der Waals surface area contributed by atoms with Crippen LogP contribution in [0.2, 0.25) is 0 Å². The SMILES string of the molecule is CCc1nccn1CC(=O)N1C[C@@H]2CC[C@H]1CN(Cc1ccc(F)cc1)C2. The summed E-state index contributed by atoms with van der Waals surface area (Å²) in [6.07, 6.45) is 6.75. The number of nitrogens with zero attached hydrogens (tertiary/aromatic N) is 4. The minimum absolute atomic E-state index is 0.195. The molecule has 2 atom stereocenters. The Morgan fingerprint density at radius 2 is 2.00 bits per heavy atom. The Balaban J connectivity index is 1.43. The Labute approximate surface area is 159 Å². The number of benzene rings is 1. The van der Waals surface area contributed by atoms with Crippen LogP contribution in [0.1, 0.15) is 31.2 Å². The van der Waals surface area contributed by atoms with Gasteiger partial charge in [0.15, 0.2) is 0 Å². The lowest BCUT2D eigenvalue weighted by atomic mass is 9.95. The molecule has 2 bridgehead atoms. The molecule has 0 spiro atoms. The van der Waals surface area contributed by atoms with E-state index >= 15 is 0 Å². The lowest BCUT2D eigenvalue weighted by molar-refractivity contribution is -0.136. The van der Waals surface area contributed by atoms with Gasteiger partial charge < -0.3 is 9.47 Å². The van der Waals surface area contributed by atoms with Gasteiger partial charge in [-0.15, -0.1) is 0 Å². The summed E-state index contributed by atoms with van der Waals surface area (Å²) in [6, 6.07) is 7.03. The molecule has 0 unspecified atom stereocenters. The van der Waals surface area contributed by atoms with Crippen molar-refractivity contribution in [1.82, 2.24) is 19.4 Å². The minimum atomic E-state index is -0.197. The molecular weight excluding hydrogens is 343 g/mol. The number of carbonyl (C=O) groups excluding carboxylic acids is 1. The number of fused-ring (bicyclic) bond motifs is 4. The zero-order valence-corrected chi connectivity index (χ0v) is 15.9. The van der Waals surface area contributed by atoms with Crippen molar-refractivity contribution in [3.63, 3.8) is 0 Å². The number of hydrogen-bond acceptors (Lipinski definition) is 3. The van der Waals surface area contributed by atoms with Gasteiger partial charge in [0.1, 0.15) is 18.2 Å². The smallest absolute Gasteiger partial charge is 0.242 e. The number of halogens is 1. The van der Waals surface area contributed by atoms with Gasteiger partial charge in [-0.05, 0) is 36.5 Å². The fraction of sp³-hybridized carbons (Fsp3) is 0.524. The maximum atomic E-state index is 13.1. The van der Waals surface area contributed by atoms with Crippen molar-refractivity contribution in [1.29, 1.82) is 0 Å². The summed E-state index contributed by atoms with van der Waals surface area (Å²) in [5.41, 5.74) is 1.13. The molecule has 3 fully saturated rings. The van der Waals surface area contributed by atoms with Crippen molar-refractivity contribution in [3.05, 3.63) is 53.9 Å². The van der Waals surface area contributed by atoms with Crippen molar-refractivity contribution in [2.24, 2.45) is 5.92 Å². The van der Waals surface area contributed by atoms with Crippen molar-refractivity contribution in [3.8, 4) is 0 Å². The molecule has 1 aromatic carbocycles. The molecule has 0 N–H and O–H groups in total. The van der Waals surface area contributed by atoms with Gasteiger partial charge in [0.05, 0.1) is 0 Å². The first-order valence-electron chi connectivity index (χ1n) is 9.88. The van der Waals surface area contributed by atoms with Gasteiger partial charge in [0.25, 0.3) is 0 Å². The standard InChI is InChI=1S/C21H27FN4O/c1-2-20-23-9-10-25(20)15-21(27)26-13-17-5-8-19(26)14-24(12-17)11-16-3-6-18(22)7-4-16/h3-4,6-7,9-10,17,19H,2,5,8,11-15H2,1H3/t17-,19+/m1/s1. The monoisotopic (exact) mass is 370 g/mol. The van der Waals surface area contributed by atoms with Crippen LogP contribution in [0.25, 0.3) is 0 Å². The molecule has 4 heterocycles. The predicted molar refractivity (Wildman–Crippen MR) is 102 cm³/mol. The molecule has 2 aromatic rings. The van der Waals surface area contributed by atoms with E-state index < -0.39 is 0 Å². The highest BCUT2D eigenvalue weighted by atomic mass is 19.1. The van der Waals surface area contributed by atoms with E-state index in [-0.39, 0.29) is 17.8 Å². The van der Waals surface area contributed by atoms with Crippen LogP contribution in [0.4, 0.5) is 4.39 Å². The summed E-state index contributed by atoms with van der Waals surface area (Å²) in [6.45, 7) is 6.00. The average molecular weight is 370 g/mol. The molecule has 5 nitrogen and oxygen atoms in total. The van der Waals surface area contributed by atoms with E-state index in [0.29, 0.717) is 12.5 Å². The number of carbonyl (C=O) groups is 1. The van der Waals surface area contributed by atoms with Crippen LogP contribution in [-0.4, -0.2) is 50.9 Å². The van der Waals surface area contributed by atoms with E-state index in [1.54, 1.807) is 6.20 Å². The van der Waals surface area contributed by atoms with Crippen LogP contribution in [0.3, 0.4) is 0 Å². The van der Waals surface area contributed by atoms with Crippen LogP contribution in [-0.2, 0) is 24.3 Å². The molecule has 1 amide bonds. The van der Waals surface area contributed by atoms with E-state index in [1.807, 2.05) is 22.9 Å². The van der Waals surface area contributed by atoms with Crippen LogP contribution in [0, 0.1) is 11.7 Å². The van der Waals surface area contributed by atoms with Crippen LogP contribution in [0.15, 0.2) is 36.7 Å². The molecule has 3 aliphatic heterocycles. The van der Waals surface area contributed by atoms with Gasteiger partial charge >= 0.3 is 0 Å². The largest absolute Gasteiger partial charge is 0.337 e. The number of aromatic nitrogens is 2. The number of hydrogen-bond donors (Lipinski definition) is 0. The Morgan fingerprint density at radius 3 is 2.78 bits per heavy atom. The highest BCUT2D eigenvalue weighted by Crippen LogP contribution is 2.29. The van der Waals surface area contributed by atoms with E-state index in [0.717, 1.165) is 50.4 Å². The molecule has 3 aliphatic rings. The fourth-order valence-corrected chi connectivity index (χ4v) is 4.50. The quantitative estimate of drug-likeness (QED) is 0.813. The normalized spacial score (nSPS) is 22.8. The third-order valence-corrected chi connectivity index (χ3v) is 5.85. The molecular formula is C21H27FN4O. The second kappa shape index (κ2) is 7.80. The molecule has 144 valence electrons. The van der Waals surface area contributed by atoms with Gasteiger partial charge in [-0.3, -0.25) is 9.69 Å². The molecule has 0 aliphatic carbocycles. The van der Waals surface area contributed by atoms with E-state index in [2.05, 4.69) is 21.7 Å². The highest BCUT2D eigenvalue weighted by molar-refractivity contribution is 5.76. The topological polar surface area (TPSA) is 41.4 Å². The molecule has 0 saturated carbocycles. The van der Waals surface area contributed by atoms with Gasteiger partial charge in [-0.2, -0.15) is 0 Å². The number of rotatable bonds is 5. The number of aryl methyl sites for hydroxylation is 1. The van der Waals surface area contributed by atoms with Crippen LogP contribution in [0.5, 0.6) is 0 Å². The summed E-state index contributed by atoms with van der Waals surface area (Å²) < 4.78 is 15.1. The summed E-state index contributed by atoms with van der Waals surface area (Å²) in [7, 11) is 0. The molecule has 5 rings (SSSR count). The number of imidazole rings is 1. The molecule has 6 heteroatoms. The van der Waals surface area contributed by atoms with Crippen LogP contribution < -0.4 is 0 Å². The average Bonchev–Trinajstić information content (AvgIpc) is 2.93. The first-order valence-corrected chi connectivity index (χ1v) is 9.88. The molecule has 0 radical (unpaired) electrons. The zero-order chi connectivity index (χ0) is 18.8. The summed E-state index contributed by atoms with van der Waals surface area (Å²) in [4.78, 5) is 21.8. The fourth-order valence-electron chi connectivity index (χ4n) is 4.50. The third kappa shape index (κ3) is 4.05.